The second kappa shape index (κ2) is 8.66. The van der Waals surface area contributed by atoms with Crippen molar-refractivity contribution in [3.05, 3.63) is 112 Å². The quantitative estimate of drug-likeness (QED) is 0.323. The van der Waals surface area contributed by atoms with Gasteiger partial charge in [0.1, 0.15) is 17.8 Å². The first-order valence-electron chi connectivity index (χ1n) is 12.7. The molecule has 0 bridgehead atoms. The number of rotatable bonds is 4. The van der Waals surface area contributed by atoms with Gasteiger partial charge in [0.25, 0.3) is 5.56 Å². The largest absolute Gasteiger partial charge is 0.383 e. The van der Waals surface area contributed by atoms with Crippen molar-refractivity contribution in [1.29, 1.82) is 0 Å². The highest BCUT2D eigenvalue weighted by Gasteiger charge is 2.20. The summed E-state index contributed by atoms with van der Waals surface area (Å²) in [5, 5.41) is 8.36. The number of nitrogens with zero attached hydrogens (tertiary/aromatic N) is 5. The third-order valence-corrected chi connectivity index (χ3v) is 7.38. The first-order valence-corrected chi connectivity index (χ1v) is 12.7. The third kappa shape index (κ3) is 3.60. The third-order valence-electron chi connectivity index (χ3n) is 7.38. The zero-order chi connectivity index (χ0) is 26.7. The molecule has 39 heavy (non-hydrogen) atoms. The van der Waals surface area contributed by atoms with Crippen LogP contribution in [0.2, 0.25) is 0 Å². The van der Waals surface area contributed by atoms with Crippen LogP contribution >= 0.6 is 0 Å². The van der Waals surface area contributed by atoms with Crippen LogP contribution in [0.15, 0.2) is 90.1 Å². The van der Waals surface area contributed by atoms with Crippen LogP contribution in [0.3, 0.4) is 0 Å². The Morgan fingerprint density at radius 3 is 2.59 bits per heavy atom. The lowest BCUT2D eigenvalue weighted by molar-refractivity contribution is 0.671. The number of aromatic nitrogens is 6. The lowest BCUT2D eigenvalue weighted by atomic mass is 10.1. The number of hydrogen-bond acceptors (Lipinski definition) is 5. The molecule has 0 spiro atoms. The molecule has 4 heterocycles. The number of aryl methyl sites for hydroxylation is 2. The van der Waals surface area contributed by atoms with Crippen molar-refractivity contribution >= 4 is 38.5 Å². The van der Waals surface area contributed by atoms with Crippen molar-refractivity contribution in [3.8, 4) is 16.9 Å². The van der Waals surface area contributed by atoms with E-state index in [4.69, 9.17) is 10.8 Å². The number of nitrogen functional groups attached to an aromatic ring is 1. The lowest BCUT2D eigenvalue weighted by Gasteiger charge is -2.17. The Bertz CT molecular complexity index is 2120. The fraction of sp³-hybridized carbons (Fsp3) is 0.0968. The minimum absolute atomic E-state index is 0.0568. The maximum atomic E-state index is 14.0. The van der Waals surface area contributed by atoms with E-state index in [1.54, 1.807) is 4.57 Å². The van der Waals surface area contributed by atoms with Gasteiger partial charge in [0.15, 0.2) is 5.65 Å². The number of fused-ring (bicyclic) bond motifs is 3. The predicted octanol–water partition coefficient (Wildman–Crippen LogP) is 5.53. The molecule has 0 saturated heterocycles. The van der Waals surface area contributed by atoms with Crippen LogP contribution in [0, 0.1) is 13.8 Å². The molecule has 0 aliphatic heterocycles. The molecule has 7 aromatic rings. The van der Waals surface area contributed by atoms with E-state index in [1.807, 2.05) is 85.4 Å². The van der Waals surface area contributed by atoms with Gasteiger partial charge in [0, 0.05) is 28.4 Å². The Balaban J connectivity index is 1.48. The van der Waals surface area contributed by atoms with Gasteiger partial charge >= 0.3 is 0 Å². The summed E-state index contributed by atoms with van der Waals surface area (Å²) in [6.07, 6.45) is 3.36. The molecular formula is C31H25N7O. The highest BCUT2D eigenvalue weighted by atomic mass is 16.1. The standard InChI is InChI=1S/C31H25N7O/c1-18-6-3-4-9-25(18)38-23(15-21-8-5-7-19(2)26(21)31(38)39)16-37-30-27(29(32)34-17-35-30)28(36-37)22-10-11-24-20(14-22)12-13-33-24/h3-15,17,33H,16H2,1-2H3,(H2,32,34,35). The topological polar surface area (TPSA) is 107 Å². The second-order valence-electron chi connectivity index (χ2n) is 9.85. The van der Waals surface area contributed by atoms with Gasteiger partial charge < -0.3 is 10.7 Å². The van der Waals surface area contributed by atoms with Gasteiger partial charge in [-0.25, -0.2) is 14.6 Å². The van der Waals surface area contributed by atoms with E-state index in [-0.39, 0.29) is 5.56 Å². The molecule has 0 unspecified atom stereocenters. The number of nitrogens with one attached hydrogen (secondary N) is 1. The first-order chi connectivity index (χ1) is 19.0. The molecule has 4 aromatic heterocycles. The van der Waals surface area contributed by atoms with Gasteiger partial charge in [-0.3, -0.25) is 9.36 Å². The van der Waals surface area contributed by atoms with Crippen LogP contribution in [0.4, 0.5) is 5.82 Å². The normalized spacial score (nSPS) is 11.6. The molecule has 0 saturated carbocycles. The number of pyridine rings is 1. The lowest BCUT2D eigenvalue weighted by Crippen LogP contribution is -2.25. The van der Waals surface area contributed by atoms with Gasteiger partial charge in [0.2, 0.25) is 0 Å². The van der Waals surface area contributed by atoms with E-state index in [0.717, 1.165) is 44.4 Å². The highest BCUT2D eigenvalue weighted by molar-refractivity contribution is 6.00. The number of anilines is 1. The van der Waals surface area contributed by atoms with Crippen molar-refractivity contribution in [2.75, 3.05) is 5.73 Å². The minimum atomic E-state index is -0.0568. The van der Waals surface area contributed by atoms with Crippen molar-refractivity contribution < 1.29 is 0 Å². The Morgan fingerprint density at radius 2 is 1.72 bits per heavy atom. The van der Waals surface area contributed by atoms with Crippen LogP contribution in [0.25, 0.3) is 49.7 Å². The molecule has 0 radical (unpaired) electrons. The van der Waals surface area contributed by atoms with Gasteiger partial charge in [-0.1, -0.05) is 42.5 Å². The smallest absolute Gasteiger partial charge is 0.263 e. The van der Waals surface area contributed by atoms with Crippen molar-refractivity contribution in [3.63, 3.8) is 0 Å². The molecule has 0 atom stereocenters. The maximum Gasteiger partial charge on any atom is 0.263 e. The van der Waals surface area contributed by atoms with Crippen LogP contribution in [0.1, 0.15) is 16.8 Å². The predicted molar refractivity (Wildman–Crippen MR) is 155 cm³/mol. The van der Waals surface area contributed by atoms with Gasteiger partial charge in [-0.15, -0.1) is 0 Å². The number of aromatic amines is 1. The molecule has 190 valence electrons. The highest BCUT2D eigenvalue weighted by Crippen LogP contribution is 2.32. The summed E-state index contributed by atoms with van der Waals surface area (Å²) in [5.74, 6) is 0.362. The summed E-state index contributed by atoms with van der Waals surface area (Å²) in [6.45, 7) is 4.30. The first kappa shape index (κ1) is 22.9. The van der Waals surface area contributed by atoms with Crippen LogP contribution in [-0.2, 0) is 6.54 Å². The monoisotopic (exact) mass is 511 g/mol. The van der Waals surface area contributed by atoms with Crippen LogP contribution in [-0.4, -0.2) is 29.3 Å². The minimum Gasteiger partial charge on any atom is -0.383 e. The summed E-state index contributed by atoms with van der Waals surface area (Å²) in [5.41, 5.74) is 13.2. The molecule has 8 nitrogen and oxygen atoms in total. The molecule has 0 aliphatic rings. The van der Waals surface area contributed by atoms with E-state index in [1.165, 1.54) is 6.33 Å². The molecule has 0 amide bonds. The number of nitrogens with two attached hydrogens (primary N) is 1. The molecule has 3 N–H and O–H groups in total. The average Bonchev–Trinajstić information content (AvgIpc) is 3.55. The summed E-state index contributed by atoms with van der Waals surface area (Å²) in [6, 6.07) is 24.1. The zero-order valence-electron chi connectivity index (χ0n) is 21.5. The Morgan fingerprint density at radius 1 is 0.872 bits per heavy atom. The van der Waals surface area contributed by atoms with Crippen LogP contribution < -0.4 is 11.3 Å². The number of H-pyrrole nitrogens is 1. The van der Waals surface area contributed by atoms with E-state index < -0.39 is 0 Å². The summed E-state index contributed by atoms with van der Waals surface area (Å²) in [4.78, 5) is 26.1. The SMILES string of the molecule is Cc1ccccc1-n1c(Cn2nc(-c3ccc4[nH]ccc4c3)c3c(N)ncnc32)cc2cccc(C)c2c1=O. The molecule has 7 rings (SSSR count). The average molecular weight is 512 g/mol. The molecule has 8 heteroatoms. The van der Waals surface area contributed by atoms with Gasteiger partial charge in [-0.05, 0) is 60.7 Å². The number of benzene rings is 3. The van der Waals surface area contributed by atoms with Gasteiger partial charge in [0.05, 0.1) is 23.0 Å². The Hall–Kier alpha value is -5.24. The van der Waals surface area contributed by atoms with Gasteiger partial charge in [-0.2, -0.15) is 5.10 Å². The fourth-order valence-electron chi connectivity index (χ4n) is 5.48. The summed E-state index contributed by atoms with van der Waals surface area (Å²) in [7, 11) is 0. The number of para-hydroxylation sites is 1. The van der Waals surface area contributed by atoms with Crippen molar-refractivity contribution in [2.24, 2.45) is 0 Å². The maximum absolute atomic E-state index is 14.0. The van der Waals surface area contributed by atoms with Crippen LogP contribution in [0.5, 0.6) is 0 Å². The number of hydrogen-bond donors (Lipinski definition) is 2. The summed E-state index contributed by atoms with van der Waals surface area (Å²) < 4.78 is 3.61. The van der Waals surface area contributed by atoms with E-state index in [0.29, 0.717) is 34.5 Å². The molecule has 0 aliphatic carbocycles. The Labute approximate surface area is 223 Å². The fourth-order valence-corrected chi connectivity index (χ4v) is 5.48. The second-order valence-corrected chi connectivity index (χ2v) is 9.85. The molecule has 3 aromatic carbocycles. The summed E-state index contributed by atoms with van der Waals surface area (Å²) >= 11 is 0. The van der Waals surface area contributed by atoms with E-state index in [9.17, 15) is 4.79 Å². The Kier molecular flexibility index (Phi) is 5.09. The molecular weight excluding hydrogens is 486 g/mol. The van der Waals surface area contributed by atoms with Crippen molar-refractivity contribution in [1.82, 2.24) is 29.3 Å². The van der Waals surface area contributed by atoms with Crippen molar-refractivity contribution in [2.45, 2.75) is 20.4 Å². The molecule has 0 fully saturated rings. The van der Waals surface area contributed by atoms with E-state index >= 15 is 0 Å². The van der Waals surface area contributed by atoms with E-state index in [2.05, 4.69) is 27.1 Å². The zero-order valence-corrected chi connectivity index (χ0v) is 21.5.